The Balaban J connectivity index is 2.50. The fourth-order valence-electron chi connectivity index (χ4n) is 1.43. The highest BCUT2D eigenvalue weighted by atomic mass is 35.5. The van der Waals surface area contributed by atoms with E-state index in [0.717, 1.165) is 0 Å². The van der Waals surface area contributed by atoms with Gasteiger partial charge >= 0.3 is 0 Å². The SMILES string of the molecule is CC(C)COCCNC(=O)c1cc(N)cc(Cl)c1Cl. The molecule has 19 heavy (non-hydrogen) atoms. The summed E-state index contributed by atoms with van der Waals surface area (Å²) in [5, 5.41) is 3.18. The lowest BCUT2D eigenvalue weighted by atomic mass is 10.2. The second-order valence-electron chi connectivity index (χ2n) is 4.59. The molecule has 106 valence electrons. The molecule has 0 aromatic heterocycles. The number of ether oxygens (including phenoxy) is 1. The molecule has 4 nitrogen and oxygen atoms in total. The minimum atomic E-state index is -0.313. The van der Waals surface area contributed by atoms with E-state index in [-0.39, 0.29) is 21.5 Å². The number of rotatable bonds is 6. The van der Waals surface area contributed by atoms with Crippen molar-refractivity contribution in [2.75, 3.05) is 25.5 Å². The second-order valence-corrected chi connectivity index (χ2v) is 5.37. The monoisotopic (exact) mass is 304 g/mol. The molecule has 0 aliphatic heterocycles. The van der Waals surface area contributed by atoms with E-state index in [9.17, 15) is 4.79 Å². The molecule has 0 unspecified atom stereocenters. The van der Waals surface area contributed by atoms with Gasteiger partial charge in [0.2, 0.25) is 0 Å². The second kappa shape index (κ2) is 7.58. The van der Waals surface area contributed by atoms with Crippen LogP contribution in [-0.2, 0) is 4.74 Å². The minimum Gasteiger partial charge on any atom is -0.399 e. The molecular formula is C13H18Cl2N2O2. The number of hydrogen-bond donors (Lipinski definition) is 2. The van der Waals surface area contributed by atoms with E-state index in [2.05, 4.69) is 19.2 Å². The summed E-state index contributed by atoms with van der Waals surface area (Å²) in [6.07, 6.45) is 0. The van der Waals surface area contributed by atoms with Crippen LogP contribution in [0.1, 0.15) is 24.2 Å². The Hall–Kier alpha value is -0.970. The maximum atomic E-state index is 11.9. The maximum Gasteiger partial charge on any atom is 0.253 e. The van der Waals surface area contributed by atoms with Crippen LogP contribution in [0.25, 0.3) is 0 Å². The summed E-state index contributed by atoms with van der Waals surface area (Å²) >= 11 is 11.8. The van der Waals surface area contributed by atoms with Crippen LogP contribution in [0.2, 0.25) is 10.0 Å². The van der Waals surface area contributed by atoms with Gasteiger partial charge in [-0.15, -0.1) is 0 Å². The number of anilines is 1. The van der Waals surface area contributed by atoms with Gasteiger partial charge in [-0.1, -0.05) is 37.0 Å². The van der Waals surface area contributed by atoms with Crippen molar-refractivity contribution < 1.29 is 9.53 Å². The van der Waals surface area contributed by atoms with E-state index in [1.54, 1.807) is 0 Å². The normalized spacial score (nSPS) is 10.8. The third kappa shape index (κ3) is 5.27. The van der Waals surface area contributed by atoms with Crippen molar-refractivity contribution >= 4 is 34.8 Å². The Morgan fingerprint density at radius 1 is 1.42 bits per heavy atom. The molecule has 0 radical (unpaired) electrons. The number of nitrogen functional groups attached to an aromatic ring is 1. The molecule has 0 fully saturated rings. The number of nitrogens with two attached hydrogens (primary N) is 1. The van der Waals surface area contributed by atoms with E-state index >= 15 is 0 Å². The van der Waals surface area contributed by atoms with E-state index in [1.807, 2.05) is 0 Å². The fourth-order valence-corrected chi connectivity index (χ4v) is 1.85. The predicted octanol–water partition coefficient (Wildman–Crippen LogP) is 2.98. The number of halogens is 2. The van der Waals surface area contributed by atoms with Crippen molar-refractivity contribution in [2.24, 2.45) is 5.92 Å². The highest BCUT2D eigenvalue weighted by Gasteiger charge is 2.13. The summed E-state index contributed by atoms with van der Waals surface area (Å²) in [6.45, 7) is 5.66. The zero-order valence-corrected chi connectivity index (χ0v) is 12.5. The third-order valence-electron chi connectivity index (χ3n) is 2.28. The standard InChI is InChI=1S/C13H18Cl2N2O2/c1-8(2)7-19-4-3-17-13(18)10-5-9(16)6-11(14)12(10)15/h5-6,8H,3-4,7,16H2,1-2H3,(H,17,18). The van der Waals surface area contributed by atoms with Gasteiger partial charge in [0, 0.05) is 18.8 Å². The third-order valence-corrected chi connectivity index (χ3v) is 3.08. The summed E-state index contributed by atoms with van der Waals surface area (Å²) in [5.41, 5.74) is 6.30. The minimum absolute atomic E-state index is 0.205. The first-order chi connectivity index (χ1) is 8.91. The van der Waals surface area contributed by atoms with Gasteiger partial charge in [0.1, 0.15) is 0 Å². The first-order valence-electron chi connectivity index (χ1n) is 6.02. The van der Waals surface area contributed by atoms with E-state index in [4.69, 9.17) is 33.7 Å². The van der Waals surface area contributed by atoms with Crippen molar-refractivity contribution in [3.8, 4) is 0 Å². The van der Waals surface area contributed by atoms with Gasteiger partial charge < -0.3 is 15.8 Å². The highest BCUT2D eigenvalue weighted by Crippen LogP contribution is 2.28. The van der Waals surface area contributed by atoms with E-state index in [1.165, 1.54) is 12.1 Å². The Bertz CT molecular complexity index is 451. The van der Waals surface area contributed by atoms with Crippen molar-refractivity contribution in [2.45, 2.75) is 13.8 Å². The average Bonchev–Trinajstić information content (AvgIpc) is 2.32. The van der Waals surface area contributed by atoms with Crippen LogP contribution in [0.4, 0.5) is 5.69 Å². The molecule has 0 aliphatic carbocycles. The van der Waals surface area contributed by atoms with Crippen molar-refractivity contribution in [3.63, 3.8) is 0 Å². The Morgan fingerprint density at radius 2 is 2.11 bits per heavy atom. The predicted molar refractivity (Wildman–Crippen MR) is 78.9 cm³/mol. The molecule has 3 N–H and O–H groups in total. The zero-order chi connectivity index (χ0) is 14.4. The zero-order valence-electron chi connectivity index (χ0n) is 11.0. The first-order valence-corrected chi connectivity index (χ1v) is 6.78. The summed E-state index contributed by atoms with van der Waals surface area (Å²) < 4.78 is 5.36. The Kier molecular flexibility index (Phi) is 6.42. The van der Waals surface area contributed by atoms with Crippen LogP contribution in [0.5, 0.6) is 0 Å². The smallest absolute Gasteiger partial charge is 0.253 e. The number of carbonyl (C=O) groups is 1. The Morgan fingerprint density at radius 3 is 2.74 bits per heavy atom. The van der Waals surface area contributed by atoms with Crippen molar-refractivity contribution in [3.05, 3.63) is 27.7 Å². The number of nitrogens with one attached hydrogen (secondary N) is 1. The molecule has 0 atom stereocenters. The Labute approximate surface area is 123 Å². The first kappa shape index (κ1) is 16.1. The largest absolute Gasteiger partial charge is 0.399 e. The molecular weight excluding hydrogens is 287 g/mol. The van der Waals surface area contributed by atoms with Crippen molar-refractivity contribution in [1.82, 2.24) is 5.32 Å². The molecule has 0 aliphatic rings. The highest BCUT2D eigenvalue weighted by molar-refractivity contribution is 6.44. The number of hydrogen-bond acceptors (Lipinski definition) is 3. The average molecular weight is 305 g/mol. The van der Waals surface area contributed by atoms with E-state index < -0.39 is 0 Å². The van der Waals surface area contributed by atoms with Crippen LogP contribution in [0, 0.1) is 5.92 Å². The van der Waals surface area contributed by atoms with Gasteiger partial charge in [-0.2, -0.15) is 0 Å². The van der Waals surface area contributed by atoms with Crippen LogP contribution < -0.4 is 11.1 Å². The molecule has 6 heteroatoms. The van der Waals surface area contributed by atoms with Gasteiger partial charge in [0.15, 0.2) is 0 Å². The molecule has 0 spiro atoms. The number of amides is 1. The molecule has 1 aromatic carbocycles. The molecule has 0 saturated heterocycles. The quantitative estimate of drug-likeness (QED) is 0.627. The summed E-state index contributed by atoms with van der Waals surface area (Å²) in [5.74, 6) is 0.158. The summed E-state index contributed by atoms with van der Waals surface area (Å²) in [6, 6.07) is 3.00. The van der Waals surface area contributed by atoms with Crippen LogP contribution in [-0.4, -0.2) is 25.7 Å². The molecule has 0 heterocycles. The van der Waals surface area contributed by atoms with Crippen LogP contribution in [0.15, 0.2) is 12.1 Å². The lowest BCUT2D eigenvalue weighted by molar-refractivity contribution is 0.0886. The molecule has 0 saturated carbocycles. The van der Waals surface area contributed by atoms with Gasteiger partial charge in [0.05, 0.1) is 22.2 Å². The lowest BCUT2D eigenvalue weighted by Crippen LogP contribution is -2.28. The van der Waals surface area contributed by atoms with Crippen LogP contribution >= 0.6 is 23.2 Å². The number of benzene rings is 1. The number of carbonyl (C=O) groups excluding carboxylic acids is 1. The lowest BCUT2D eigenvalue weighted by Gasteiger charge is -2.10. The fraction of sp³-hybridized carbons (Fsp3) is 0.462. The van der Waals surface area contributed by atoms with Gasteiger partial charge in [-0.05, 0) is 18.1 Å². The molecule has 1 rings (SSSR count). The molecule has 1 aromatic rings. The van der Waals surface area contributed by atoms with Gasteiger partial charge in [-0.25, -0.2) is 0 Å². The van der Waals surface area contributed by atoms with Crippen molar-refractivity contribution in [1.29, 1.82) is 0 Å². The topological polar surface area (TPSA) is 64.3 Å². The maximum absolute atomic E-state index is 11.9. The van der Waals surface area contributed by atoms with Gasteiger partial charge in [-0.3, -0.25) is 4.79 Å². The van der Waals surface area contributed by atoms with Crippen LogP contribution in [0.3, 0.4) is 0 Å². The summed E-state index contributed by atoms with van der Waals surface area (Å²) in [4.78, 5) is 11.9. The van der Waals surface area contributed by atoms with Gasteiger partial charge in [0.25, 0.3) is 5.91 Å². The summed E-state index contributed by atoms with van der Waals surface area (Å²) in [7, 11) is 0. The molecule has 0 bridgehead atoms. The molecule has 1 amide bonds. The van der Waals surface area contributed by atoms with E-state index in [0.29, 0.717) is 31.4 Å².